The molecule has 100 valence electrons. The SMILES string of the molecule is CCCCCCC(NN)C1CC1c1ccccc1. The fourth-order valence-corrected chi connectivity index (χ4v) is 2.95. The van der Waals surface area contributed by atoms with Crippen LogP contribution in [0.25, 0.3) is 0 Å². The Kier molecular flexibility index (Phi) is 5.21. The molecule has 0 aliphatic heterocycles. The molecular weight excluding hydrogens is 220 g/mol. The van der Waals surface area contributed by atoms with Crippen molar-refractivity contribution >= 4 is 0 Å². The van der Waals surface area contributed by atoms with Crippen LogP contribution in [-0.4, -0.2) is 6.04 Å². The van der Waals surface area contributed by atoms with Crippen molar-refractivity contribution in [3.8, 4) is 0 Å². The highest BCUT2D eigenvalue weighted by Gasteiger charge is 2.42. The van der Waals surface area contributed by atoms with E-state index in [1.807, 2.05) is 0 Å². The van der Waals surface area contributed by atoms with Crippen molar-refractivity contribution in [2.45, 2.75) is 57.4 Å². The van der Waals surface area contributed by atoms with Gasteiger partial charge in [-0.15, -0.1) is 0 Å². The van der Waals surface area contributed by atoms with E-state index < -0.39 is 0 Å². The molecule has 1 fully saturated rings. The molecule has 3 atom stereocenters. The number of rotatable bonds is 8. The highest BCUT2D eigenvalue weighted by molar-refractivity contribution is 5.26. The normalized spacial score (nSPS) is 23.9. The molecule has 0 aromatic heterocycles. The minimum atomic E-state index is 0.507. The first-order valence-corrected chi connectivity index (χ1v) is 7.38. The topological polar surface area (TPSA) is 38.0 Å². The minimum absolute atomic E-state index is 0.507. The Bertz CT molecular complexity index is 336. The molecule has 1 aromatic carbocycles. The van der Waals surface area contributed by atoms with Gasteiger partial charge in [0, 0.05) is 6.04 Å². The van der Waals surface area contributed by atoms with Gasteiger partial charge >= 0.3 is 0 Å². The maximum Gasteiger partial charge on any atom is 0.0244 e. The molecule has 3 N–H and O–H groups in total. The van der Waals surface area contributed by atoms with Crippen molar-refractivity contribution in [3.63, 3.8) is 0 Å². The van der Waals surface area contributed by atoms with Crippen LogP contribution >= 0.6 is 0 Å². The highest BCUT2D eigenvalue weighted by atomic mass is 15.2. The van der Waals surface area contributed by atoms with E-state index in [4.69, 9.17) is 5.84 Å². The highest BCUT2D eigenvalue weighted by Crippen LogP contribution is 2.50. The van der Waals surface area contributed by atoms with Gasteiger partial charge in [0.25, 0.3) is 0 Å². The maximum absolute atomic E-state index is 5.72. The van der Waals surface area contributed by atoms with Crippen LogP contribution in [0.4, 0.5) is 0 Å². The molecule has 1 aliphatic rings. The lowest BCUT2D eigenvalue weighted by Crippen LogP contribution is -2.37. The van der Waals surface area contributed by atoms with Gasteiger partial charge in [-0.1, -0.05) is 62.9 Å². The number of hydrogen-bond acceptors (Lipinski definition) is 2. The first-order chi connectivity index (χ1) is 8.86. The predicted molar refractivity (Wildman–Crippen MR) is 77.2 cm³/mol. The fraction of sp³-hybridized carbons (Fsp3) is 0.625. The third-order valence-electron chi connectivity index (χ3n) is 4.17. The second kappa shape index (κ2) is 6.91. The zero-order chi connectivity index (χ0) is 12.8. The van der Waals surface area contributed by atoms with Crippen LogP contribution in [0, 0.1) is 5.92 Å². The summed E-state index contributed by atoms with van der Waals surface area (Å²) >= 11 is 0. The Hall–Kier alpha value is -0.860. The van der Waals surface area contributed by atoms with E-state index in [1.54, 1.807) is 0 Å². The molecule has 1 aromatic rings. The summed E-state index contributed by atoms with van der Waals surface area (Å²) in [4.78, 5) is 0. The summed E-state index contributed by atoms with van der Waals surface area (Å²) in [6, 6.07) is 11.4. The Morgan fingerprint density at radius 1 is 1.22 bits per heavy atom. The van der Waals surface area contributed by atoms with Crippen molar-refractivity contribution in [2.75, 3.05) is 0 Å². The van der Waals surface area contributed by atoms with E-state index in [-0.39, 0.29) is 0 Å². The molecular formula is C16H26N2. The standard InChI is InChI=1S/C16H26N2/c1-2-3-4-8-11-16(18-17)15-12-14(15)13-9-6-5-7-10-13/h5-7,9-10,14-16,18H,2-4,8,11-12,17H2,1H3. The molecule has 0 amide bonds. The number of nitrogens with one attached hydrogen (secondary N) is 1. The van der Waals surface area contributed by atoms with E-state index >= 15 is 0 Å². The van der Waals surface area contributed by atoms with E-state index in [1.165, 1.54) is 44.1 Å². The van der Waals surface area contributed by atoms with Crippen molar-refractivity contribution in [1.82, 2.24) is 5.43 Å². The van der Waals surface area contributed by atoms with Gasteiger partial charge in [-0.05, 0) is 30.2 Å². The molecule has 2 rings (SSSR count). The van der Waals surface area contributed by atoms with Gasteiger partial charge in [-0.3, -0.25) is 11.3 Å². The van der Waals surface area contributed by atoms with Gasteiger partial charge in [-0.2, -0.15) is 0 Å². The summed E-state index contributed by atoms with van der Waals surface area (Å²) in [6.45, 7) is 2.25. The fourth-order valence-electron chi connectivity index (χ4n) is 2.95. The Balaban J connectivity index is 1.77. The van der Waals surface area contributed by atoms with Gasteiger partial charge in [0.1, 0.15) is 0 Å². The molecule has 0 radical (unpaired) electrons. The van der Waals surface area contributed by atoms with Crippen LogP contribution in [0.2, 0.25) is 0 Å². The summed E-state index contributed by atoms with van der Waals surface area (Å²) in [5.41, 5.74) is 4.52. The molecule has 3 unspecified atom stereocenters. The summed E-state index contributed by atoms with van der Waals surface area (Å²) in [6.07, 6.45) is 7.83. The average molecular weight is 246 g/mol. The van der Waals surface area contributed by atoms with E-state index in [0.29, 0.717) is 6.04 Å². The average Bonchev–Trinajstić information content (AvgIpc) is 3.20. The molecule has 2 nitrogen and oxygen atoms in total. The van der Waals surface area contributed by atoms with Crippen LogP contribution in [0.5, 0.6) is 0 Å². The largest absolute Gasteiger partial charge is 0.271 e. The summed E-state index contributed by atoms with van der Waals surface area (Å²) in [5, 5.41) is 0. The third kappa shape index (κ3) is 3.56. The number of hydrazine groups is 1. The van der Waals surface area contributed by atoms with Crippen LogP contribution < -0.4 is 11.3 Å². The zero-order valence-corrected chi connectivity index (χ0v) is 11.4. The first kappa shape index (κ1) is 13.6. The van der Waals surface area contributed by atoms with Crippen LogP contribution in [0.1, 0.15) is 56.9 Å². The van der Waals surface area contributed by atoms with Gasteiger partial charge in [-0.25, -0.2) is 0 Å². The van der Waals surface area contributed by atoms with Crippen molar-refractivity contribution < 1.29 is 0 Å². The number of benzene rings is 1. The Morgan fingerprint density at radius 3 is 2.67 bits per heavy atom. The van der Waals surface area contributed by atoms with Crippen molar-refractivity contribution in [2.24, 2.45) is 11.8 Å². The second-order valence-corrected chi connectivity index (χ2v) is 5.54. The van der Waals surface area contributed by atoms with Crippen molar-refractivity contribution in [1.29, 1.82) is 0 Å². The lowest BCUT2D eigenvalue weighted by atomic mass is 10.0. The monoisotopic (exact) mass is 246 g/mol. The smallest absolute Gasteiger partial charge is 0.0244 e. The molecule has 1 saturated carbocycles. The van der Waals surface area contributed by atoms with Gasteiger partial charge in [0.05, 0.1) is 0 Å². The van der Waals surface area contributed by atoms with Crippen LogP contribution in [0.3, 0.4) is 0 Å². The van der Waals surface area contributed by atoms with E-state index in [9.17, 15) is 0 Å². The second-order valence-electron chi connectivity index (χ2n) is 5.54. The Labute approximate surface area is 111 Å². The van der Waals surface area contributed by atoms with Crippen LogP contribution in [0.15, 0.2) is 30.3 Å². The first-order valence-electron chi connectivity index (χ1n) is 7.38. The summed E-state index contributed by atoms with van der Waals surface area (Å²) in [5.74, 6) is 7.20. The predicted octanol–water partition coefficient (Wildman–Crippen LogP) is 3.59. The molecule has 0 heterocycles. The molecule has 0 spiro atoms. The van der Waals surface area contributed by atoms with E-state index in [2.05, 4.69) is 42.7 Å². The summed E-state index contributed by atoms with van der Waals surface area (Å²) in [7, 11) is 0. The molecule has 18 heavy (non-hydrogen) atoms. The molecule has 0 saturated heterocycles. The van der Waals surface area contributed by atoms with Crippen LogP contribution in [-0.2, 0) is 0 Å². The Morgan fingerprint density at radius 2 is 2.00 bits per heavy atom. The number of unbranched alkanes of at least 4 members (excludes halogenated alkanes) is 3. The quantitative estimate of drug-likeness (QED) is 0.418. The molecule has 2 heteroatoms. The number of nitrogens with two attached hydrogens (primary N) is 1. The molecule has 0 bridgehead atoms. The zero-order valence-electron chi connectivity index (χ0n) is 11.4. The summed E-state index contributed by atoms with van der Waals surface area (Å²) < 4.78 is 0. The van der Waals surface area contributed by atoms with Gasteiger partial charge in [0.2, 0.25) is 0 Å². The third-order valence-corrected chi connectivity index (χ3v) is 4.17. The lowest BCUT2D eigenvalue weighted by molar-refractivity contribution is 0.418. The van der Waals surface area contributed by atoms with Crippen molar-refractivity contribution in [3.05, 3.63) is 35.9 Å². The van der Waals surface area contributed by atoms with Gasteiger partial charge in [0.15, 0.2) is 0 Å². The minimum Gasteiger partial charge on any atom is -0.271 e. The number of hydrogen-bond donors (Lipinski definition) is 2. The molecule has 1 aliphatic carbocycles. The van der Waals surface area contributed by atoms with Gasteiger partial charge < -0.3 is 0 Å². The van der Waals surface area contributed by atoms with E-state index in [0.717, 1.165) is 11.8 Å². The lowest BCUT2D eigenvalue weighted by Gasteiger charge is -2.15. The maximum atomic E-state index is 5.72.